The van der Waals surface area contributed by atoms with Crippen LogP contribution in [0.2, 0.25) is 0 Å². The lowest BCUT2D eigenvalue weighted by molar-refractivity contribution is -0.141. The molecular weight excluding hydrogens is 437 g/mol. The molecule has 0 bridgehead atoms. The van der Waals surface area contributed by atoms with Crippen molar-refractivity contribution in [1.82, 2.24) is 9.78 Å². The summed E-state index contributed by atoms with van der Waals surface area (Å²) >= 11 is 0. The van der Waals surface area contributed by atoms with Crippen LogP contribution in [-0.2, 0) is 6.18 Å². The molecule has 0 spiro atoms. The maximum Gasteiger partial charge on any atom is 0.435 e. The van der Waals surface area contributed by atoms with Crippen LogP contribution >= 0.6 is 0 Å². The summed E-state index contributed by atoms with van der Waals surface area (Å²) in [5, 5.41) is 14.1. The molecule has 0 radical (unpaired) electrons. The first-order valence-corrected chi connectivity index (χ1v) is 9.97. The van der Waals surface area contributed by atoms with Crippen LogP contribution in [0.3, 0.4) is 0 Å². The second-order valence-corrected chi connectivity index (χ2v) is 7.44. The summed E-state index contributed by atoms with van der Waals surface area (Å²) < 4.78 is 40.8. The number of hydrogen-bond acceptors (Lipinski definition) is 4. The van der Waals surface area contributed by atoms with Crippen molar-refractivity contribution in [3.8, 4) is 5.69 Å². The Labute approximate surface area is 186 Å². The maximum absolute atomic E-state index is 13.3. The zero-order valence-electron chi connectivity index (χ0n) is 17.2. The van der Waals surface area contributed by atoms with Crippen LogP contribution in [0, 0.1) is 5.41 Å². The van der Waals surface area contributed by atoms with Gasteiger partial charge in [-0.1, -0.05) is 6.07 Å². The van der Waals surface area contributed by atoms with Gasteiger partial charge in [-0.25, -0.2) is 4.68 Å². The Hall–Kier alpha value is -4.15. The first-order chi connectivity index (χ1) is 15.6. The van der Waals surface area contributed by atoms with E-state index in [1.165, 1.54) is 24.3 Å². The fourth-order valence-electron chi connectivity index (χ4n) is 3.55. The third kappa shape index (κ3) is 4.56. The Morgan fingerprint density at radius 3 is 2.39 bits per heavy atom. The standard InChI is InChI=1S/C22H19F3N6O2/c23-22(24,25)18-12-17(31(29-18)16-4-1-3-13(11-16)20(27)32)21(33)28-14-6-8-15(9-7-14)30-10-2-5-19(30)26/h1,3-4,6-9,11-12,26H,2,5,10H2,(H2,27,32)(H,28,33). The third-order valence-corrected chi connectivity index (χ3v) is 5.17. The van der Waals surface area contributed by atoms with Crippen molar-refractivity contribution >= 4 is 29.0 Å². The highest BCUT2D eigenvalue weighted by Gasteiger charge is 2.36. The largest absolute Gasteiger partial charge is 0.435 e. The quantitative estimate of drug-likeness (QED) is 0.541. The molecular formula is C22H19F3N6O2. The van der Waals surface area contributed by atoms with Gasteiger partial charge in [-0.15, -0.1) is 0 Å². The smallest absolute Gasteiger partial charge is 0.366 e. The molecule has 2 heterocycles. The second kappa shape index (κ2) is 8.41. The summed E-state index contributed by atoms with van der Waals surface area (Å²) in [4.78, 5) is 26.2. The van der Waals surface area contributed by atoms with Crippen LogP contribution < -0.4 is 16.0 Å². The molecule has 4 rings (SSSR count). The lowest BCUT2D eigenvalue weighted by atomic mass is 10.2. The molecule has 2 aromatic carbocycles. The molecule has 8 nitrogen and oxygen atoms in total. The van der Waals surface area contributed by atoms with Gasteiger partial charge in [0.25, 0.3) is 5.91 Å². The number of hydrogen-bond donors (Lipinski definition) is 3. The number of nitrogens with one attached hydrogen (secondary N) is 2. The van der Waals surface area contributed by atoms with Crippen LogP contribution in [-0.4, -0.2) is 34.0 Å². The molecule has 0 saturated carbocycles. The Bertz CT molecular complexity index is 1230. The van der Waals surface area contributed by atoms with E-state index in [4.69, 9.17) is 11.1 Å². The zero-order chi connectivity index (χ0) is 23.8. The van der Waals surface area contributed by atoms with Crippen molar-refractivity contribution in [3.63, 3.8) is 0 Å². The number of nitrogens with zero attached hydrogens (tertiary/aromatic N) is 3. The summed E-state index contributed by atoms with van der Waals surface area (Å²) in [7, 11) is 0. The van der Waals surface area contributed by atoms with Gasteiger partial charge in [0.05, 0.1) is 5.69 Å². The third-order valence-electron chi connectivity index (χ3n) is 5.17. The molecule has 1 aromatic heterocycles. The lowest BCUT2D eigenvalue weighted by Gasteiger charge is -2.18. The Morgan fingerprint density at radius 2 is 1.79 bits per heavy atom. The summed E-state index contributed by atoms with van der Waals surface area (Å²) in [5.74, 6) is -1.07. The molecule has 11 heteroatoms. The first kappa shape index (κ1) is 22.1. The normalized spacial score (nSPS) is 13.9. The molecule has 4 N–H and O–H groups in total. The Morgan fingerprint density at radius 1 is 1.06 bits per heavy atom. The van der Waals surface area contributed by atoms with Gasteiger partial charge in [-0.3, -0.25) is 15.0 Å². The van der Waals surface area contributed by atoms with E-state index in [2.05, 4.69) is 10.4 Å². The molecule has 0 aliphatic carbocycles. The van der Waals surface area contributed by atoms with Gasteiger partial charge in [-0.2, -0.15) is 18.3 Å². The first-order valence-electron chi connectivity index (χ1n) is 9.97. The summed E-state index contributed by atoms with van der Waals surface area (Å²) in [6, 6.07) is 12.8. The van der Waals surface area contributed by atoms with E-state index in [0.29, 0.717) is 24.0 Å². The fraction of sp³-hybridized carbons (Fsp3) is 0.182. The highest BCUT2D eigenvalue weighted by molar-refractivity contribution is 6.04. The molecule has 1 aliphatic rings. The number of amidine groups is 1. The predicted octanol–water partition coefficient (Wildman–Crippen LogP) is 3.82. The monoisotopic (exact) mass is 456 g/mol. The van der Waals surface area contributed by atoms with Gasteiger partial charge in [0.2, 0.25) is 5.91 Å². The number of anilines is 2. The molecule has 0 atom stereocenters. The van der Waals surface area contributed by atoms with Crippen LogP contribution in [0.15, 0.2) is 54.6 Å². The summed E-state index contributed by atoms with van der Waals surface area (Å²) in [6.07, 6.45) is -3.19. The molecule has 1 fully saturated rings. The molecule has 1 saturated heterocycles. The van der Waals surface area contributed by atoms with Gasteiger partial charge >= 0.3 is 6.18 Å². The zero-order valence-corrected chi connectivity index (χ0v) is 17.2. The van der Waals surface area contributed by atoms with Gasteiger partial charge in [0, 0.05) is 36.0 Å². The summed E-state index contributed by atoms with van der Waals surface area (Å²) in [5.41, 5.74) is 4.94. The minimum Gasteiger partial charge on any atom is -0.366 e. The molecule has 0 unspecified atom stereocenters. The number of aromatic nitrogens is 2. The summed E-state index contributed by atoms with van der Waals surface area (Å²) in [6.45, 7) is 0.730. The minimum absolute atomic E-state index is 0.0611. The van der Waals surface area contributed by atoms with Crippen LogP contribution in [0.25, 0.3) is 5.69 Å². The van der Waals surface area contributed by atoms with E-state index in [1.54, 1.807) is 24.3 Å². The van der Waals surface area contributed by atoms with Crippen molar-refractivity contribution in [2.24, 2.45) is 5.73 Å². The number of carbonyl (C=O) groups is 2. The van der Waals surface area contributed by atoms with Crippen LogP contribution in [0.1, 0.15) is 39.4 Å². The highest BCUT2D eigenvalue weighted by Crippen LogP contribution is 2.30. The minimum atomic E-state index is -4.77. The van der Waals surface area contributed by atoms with Gasteiger partial charge in [0.1, 0.15) is 11.5 Å². The van der Waals surface area contributed by atoms with E-state index in [-0.39, 0.29) is 16.9 Å². The van der Waals surface area contributed by atoms with Gasteiger partial charge in [0.15, 0.2) is 5.69 Å². The molecule has 3 aromatic rings. The highest BCUT2D eigenvalue weighted by atomic mass is 19.4. The van der Waals surface area contributed by atoms with E-state index < -0.39 is 23.7 Å². The number of benzene rings is 2. The molecule has 170 valence electrons. The van der Waals surface area contributed by atoms with E-state index in [0.717, 1.165) is 23.3 Å². The number of carbonyl (C=O) groups excluding carboxylic acids is 2. The maximum atomic E-state index is 13.3. The molecule has 33 heavy (non-hydrogen) atoms. The number of halogens is 3. The Kier molecular flexibility index (Phi) is 5.62. The second-order valence-electron chi connectivity index (χ2n) is 7.44. The van der Waals surface area contributed by atoms with Crippen LogP contribution in [0.4, 0.5) is 24.5 Å². The fourth-order valence-corrected chi connectivity index (χ4v) is 3.55. The predicted molar refractivity (Wildman–Crippen MR) is 116 cm³/mol. The van der Waals surface area contributed by atoms with Gasteiger partial charge in [-0.05, 0) is 48.9 Å². The van der Waals surface area contributed by atoms with Crippen molar-refractivity contribution in [2.75, 3.05) is 16.8 Å². The number of primary amides is 1. The van der Waals surface area contributed by atoms with Crippen molar-refractivity contribution in [3.05, 3.63) is 71.5 Å². The van der Waals surface area contributed by atoms with Crippen molar-refractivity contribution in [1.29, 1.82) is 5.41 Å². The average Bonchev–Trinajstić information content (AvgIpc) is 3.41. The average molecular weight is 456 g/mol. The molecule has 1 aliphatic heterocycles. The number of nitrogens with two attached hydrogens (primary N) is 1. The van der Waals surface area contributed by atoms with Crippen molar-refractivity contribution < 1.29 is 22.8 Å². The molecule has 2 amide bonds. The van der Waals surface area contributed by atoms with E-state index in [9.17, 15) is 22.8 Å². The topological polar surface area (TPSA) is 117 Å². The number of rotatable bonds is 5. The van der Waals surface area contributed by atoms with E-state index in [1.807, 2.05) is 4.90 Å². The Balaban J connectivity index is 1.64. The SMILES string of the molecule is N=C1CCCN1c1ccc(NC(=O)c2cc(C(F)(F)F)nn2-c2cccc(C(N)=O)c2)cc1. The van der Waals surface area contributed by atoms with E-state index >= 15 is 0 Å². The number of alkyl halides is 3. The lowest BCUT2D eigenvalue weighted by Crippen LogP contribution is -2.23. The van der Waals surface area contributed by atoms with Crippen molar-refractivity contribution in [2.45, 2.75) is 19.0 Å². The van der Waals surface area contributed by atoms with Gasteiger partial charge < -0.3 is 16.0 Å². The van der Waals surface area contributed by atoms with Crippen LogP contribution in [0.5, 0.6) is 0 Å². The number of amides is 2.